The van der Waals surface area contributed by atoms with Crippen LogP contribution in [0.4, 0.5) is 4.79 Å². The van der Waals surface area contributed by atoms with Gasteiger partial charge in [0.1, 0.15) is 5.60 Å². The van der Waals surface area contributed by atoms with Crippen LogP contribution in [-0.2, 0) is 11.2 Å². The topological polar surface area (TPSA) is 54.5 Å². The van der Waals surface area contributed by atoms with Gasteiger partial charge in [-0.3, -0.25) is 0 Å². The molecule has 0 saturated carbocycles. The van der Waals surface area contributed by atoms with Crippen LogP contribution in [0.5, 0.6) is 0 Å². The van der Waals surface area contributed by atoms with E-state index < -0.39 is 5.60 Å². The number of thiazole rings is 1. The van der Waals surface area contributed by atoms with E-state index in [1.807, 2.05) is 47.1 Å². The van der Waals surface area contributed by atoms with E-state index in [4.69, 9.17) is 4.74 Å². The van der Waals surface area contributed by atoms with Crippen molar-refractivity contribution in [3.8, 4) is 0 Å². The Morgan fingerprint density at radius 1 is 1.27 bits per heavy atom. The number of carbonyl (C=O) groups is 1. The summed E-state index contributed by atoms with van der Waals surface area (Å²) < 4.78 is 5.49. The summed E-state index contributed by atoms with van der Waals surface area (Å²) in [6.45, 7) is 13.9. The normalized spacial score (nSPS) is 12.3. The lowest BCUT2D eigenvalue weighted by molar-refractivity contribution is 0.00666. The van der Waals surface area contributed by atoms with Gasteiger partial charge in [-0.25, -0.2) is 9.78 Å². The second kappa shape index (κ2) is 7.92. The van der Waals surface area contributed by atoms with Crippen molar-refractivity contribution >= 4 is 17.4 Å². The number of nitrogens with one attached hydrogen (secondary N) is 1. The van der Waals surface area contributed by atoms with Crippen LogP contribution in [0.1, 0.15) is 47.2 Å². The molecule has 126 valence electrons. The molecule has 0 aromatic carbocycles. The van der Waals surface area contributed by atoms with Gasteiger partial charge in [-0.1, -0.05) is 0 Å². The second-order valence-electron chi connectivity index (χ2n) is 7.28. The second-order valence-corrected chi connectivity index (χ2v) is 8.00. The molecule has 1 amide bonds. The first kappa shape index (κ1) is 18.9. The molecule has 1 aromatic rings. The van der Waals surface area contributed by atoms with E-state index in [1.165, 1.54) is 0 Å². The molecule has 0 aliphatic rings. The fourth-order valence-corrected chi connectivity index (χ4v) is 2.50. The number of carbonyl (C=O) groups excluding carboxylic acids is 1. The standard InChI is InChI=1S/C16H29N3O2S/c1-15(2,3)19(14(20)21-16(4,5)6)10-9-17-8-7-13-11-22-12-18-13/h11-12,17H,7-10H2,1-6H3. The zero-order chi connectivity index (χ0) is 16.8. The monoisotopic (exact) mass is 327 g/mol. The van der Waals surface area contributed by atoms with Crippen LogP contribution in [0.2, 0.25) is 0 Å². The van der Waals surface area contributed by atoms with Crippen LogP contribution in [0.25, 0.3) is 0 Å². The summed E-state index contributed by atoms with van der Waals surface area (Å²) in [6, 6.07) is 0. The number of aromatic nitrogens is 1. The van der Waals surface area contributed by atoms with Gasteiger partial charge in [0, 0.05) is 37.0 Å². The molecular weight excluding hydrogens is 298 g/mol. The van der Waals surface area contributed by atoms with Gasteiger partial charge in [-0.15, -0.1) is 11.3 Å². The number of nitrogens with zero attached hydrogens (tertiary/aromatic N) is 2. The van der Waals surface area contributed by atoms with Crippen molar-refractivity contribution in [1.29, 1.82) is 0 Å². The summed E-state index contributed by atoms with van der Waals surface area (Å²) >= 11 is 1.61. The molecule has 0 radical (unpaired) electrons. The van der Waals surface area contributed by atoms with Gasteiger partial charge in [0.05, 0.1) is 11.2 Å². The Hall–Kier alpha value is -1.14. The van der Waals surface area contributed by atoms with Gasteiger partial charge >= 0.3 is 6.09 Å². The number of hydrogen-bond donors (Lipinski definition) is 1. The van der Waals surface area contributed by atoms with Crippen LogP contribution in [0, 0.1) is 0 Å². The lowest BCUT2D eigenvalue weighted by Crippen LogP contribution is -2.50. The van der Waals surface area contributed by atoms with Gasteiger partial charge in [-0.2, -0.15) is 0 Å². The lowest BCUT2D eigenvalue weighted by atomic mass is 10.1. The van der Waals surface area contributed by atoms with E-state index in [2.05, 4.69) is 15.7 Å². The van der Waals surface area contributed by atoms with Crippen molar-refractivity contribution in [1.82, 2.24) is 15.2 Å². The lowest BCUT2D eigenvalue weighted by Gasteiger charge is -2.36. The van der Waals surface area contributed by atoms with Crippen LogP contribution in [0.3, 0.4) is 0 Å². The molecule has 1 rings (SSSR count). The number of rotatable bonds is 6. The van der Waals surface area contributed by atoms with Crippen molar-refractivity contribution in [2.75, 3.05) is 19.6 Å². The van der Waals surface area contributed by atoms with E-state index in [1.54, 1.807) is 16.2 Å². The third-order valence-electron chi connectivity index (χ3n) is 2.98. The van der Waals surface area contributed by atoms with Crippen molar-refractivity contribution in [3.63, 3.8) is 0 Å². The maximum absolute atomic E-state index is 12.3. The Balaban J connectivity index is 2.40. The Bertz CT molecular complexity index is 447. The number of hydrogen-bond acceptors (Lipinski definition) is 5. The van der Waals surface area contributed by atoms with Crippen molar-refractivity contribution < 1.29 is 9.53 Å². The highest BCUT2D eigenvalue weighted by atomic mass is 32.1. The molecule has 1 aromatic heterocycles. The van der Waals surface area contributed by atoms with Gasteiger partial charge in [0.2, 0.25) is 0 Å². The predicted molar refractivity (Wildman–Crippen MR) is 91.4 cm³/mol. The first-order chi connectivity index (χ1) is 10.1. The summed E-state index contributed by atoms with van der Waals surface area (Å²) in [5.74, 6) is 0. The van der Waals surface area contributed by atoms with Gasteiger partial charge in [0.25, 0.3) is 0 Å². The minimum Gasteiger partial charge on any atom is -0.444 e. The minimum absolute atomic E-state index is 0.263. The molecule has 0 spiro atoms. The fraction of sp³-hybridized carbons (Fsp3) is 0.750. The predicted octanol–water partition coefficient (Wildman–Crippen LogP) is 3.31. The molecule has 5 nitrogen and oxygen atoms in total. The molecule has 0 unspecified atom stereocenters. The number of ether oxygens (including phenoxy) is 1. The Kier molecular flexibility index (Phi) is 6.81. The quantitative estimate of drug-likeness (QED) is 0.815. The SMILES string of the molecule is CC(C)(C)OC(=O)N(CCNCCc1cscn1)C(C)(C)C. The van der Waals surface area contributed by atoms with Crippen LogP contribution >= 0.6 is 11.3 Å². The minimum atomic E-state index is -0.474. The van der Waals surface area contributed by atoms with Gasteiger partial charge < -0.3 is 15.0 Å². The highest BCUT2D eigenvalue weighted by Crippen LogP contribution is 2.17. The smallest absolute Gasteiger partial charge is 0.410 e. The maximum atomic E-state index is 12.3. The van der Waals surface area contributed by atoms with Crippen molar-refractivity contribution in [2.45, 2.75) is 59.1 Å². The first-order valence-electron chi connectivity index (χ1n) is 7.68. The highest BCUT2D eigenvalue weighted by molar-refractivity contribution is 7.07. The van der Waals surface area contributed by atoms with Gasteiger partial charge in [-0.05, 0) is 41.5 Å². The summed E-state index contributed by atoms with van der Waals surface area (Å²) in [7, 11) is 0. The summed E-state index contributed by atoms with van der Waals surface area (Å²) in [5.41, 5.74) is 2.22. The number of amides is 1. The van der Waals surface area contributed by atoms with E-state index in [0.717, 1.165) is 25.2 Å². The molecule has 0 atom stereocenters. The molecule has 0 bridgehead atoms. The summed E-state index contributed by atoms with van der Waals surface area (Å²) in [6.07, 6.45) is 0.646. The van der Waals surface area contributed by atoms with E-state index in [-0.39, 0.29) is 11.6 Å². The zero-order valence-electron chi connectivity index (χ0n) is 14.6. The first-order valence-corrected chi connectivity index (χ1v) is 8.62. The Morgan fingerprint density at radius 2 is 1.95 bits per heavy atom. The molecule has 0 fully saturated rings. The van der Waals surface area contributed by atoms with Gasteiger partial charge in [0.15, 0.2) is 0 Å². The average molecular weight is 327 g/mol. The van der Waals surface area contributed by atoms with E-state index >= 15 is 0 Å². The van der Waals surface area contributed by atoms with Crippen molar-refractivity contribution in [2.24, 2.45) is 0 Å². The van der Waals surface area contributed by atoms with E-state index in [0.29, 0.717) is 6.54 Å². The highest BCUT2D eigenvalue weighted by Gasteiger charge is 2.30. The molecule has 0 aliphatic heterocycles. The largest absolute Gasteiger partial charge is 0.444 e. The molecule has 6 heteroatoms. The fourth-order valence-electron chi connectivity index (χ4n) is 1.91. The summed E-state index contributed by atoms with van der Waals surface area (Å²) in [4.78, 5) is 18.3. The van der Waals surface area contributed by atoms with Crippen LogP contribution in [-0.4, -0.2) is 46.8 Å². The maximum Gasteiger partial charge on any atom is 0.410 e. The van der Waals surface area contributed by atoms with E-state index in [9.17, 15) is 4.79 Å². The Labute approximate surface area is 138 Å². The third-order valence-corrected chi connectivity index (χ3v) is 3.61. The molecule has 22 heavy (non-hydrogen) atoms. The zero-order valence-corrected chi connectivity index (χ0v) is 15.4. The van der Waals surface area contributed by atoms with Crippen LogP contribution in [0.15, 0.2) is 10.9 Å². The van der Waals surface area contributed by atoms with Crippen molar-refractivity contribution in [3.05, 3.63) is 16.6 Å². The van der Waals surface area contributed by atoms with Crippen LogP contribution < -0.4 is 5.32 Å². The third kappa shape index (κ3) is 7.22. The molecule has 1 N–H and O–H groups in total. The summed E-state index contributed by atoms with van der Waals surface area (Å²) in [5, 5.41) is 5.42. The molecule has 0 saturated heterocycles. The molecule has 0 aliphatic carbocycles. The average Bonchev–Trinajstić information content (AvgIpc) is 2.82. The molecule has 1 heterocycles. The Morgan fingerprint density at radius 3 is 2.45 bits per heavy atom. The molecular formula is C16H29N3O2S.